The Bertz CT molecular complexity index is 1130. The molecule has 2 aliphatic heterocycles. The third-order valence-corrected chi connectivity index (χ3v) is 6.88. The van der Waals surface area contributed by atoms with Crippen LogP contribution < -0.4 is 50.6 Å². The number of nitrogens with one attached hydrogen (secondary N) is 3. The fourth-order valence-corrected chi connectivity index (χ4v) is 5.12. The summed E-state index contributed by atoms with van der Waals surface area (Å²) in [5.41, 5.74) is 0.334. The Labute approximate surface area is 244 Å². The van der Waals surface area contributed by atoms with Gasteiger partial charge in [-0.25, -0.2) is 9.59 Å². The molecule has 1 aromatic rings. The molecule has 0 aliphatic carbocycles. The summed E-state index contributed by atoms with van der Waals surface area (Å²) in [6.07, 6.45) is -0.0492. The van der Waals surface area contributed by atoms with Crippen LogP contribution in [0.4, 0.5) is 10.5 Å². The summed E-state index contributed by atoms with van der Waals surface area (Å²) in [6.45, 7) is 0.883. The molecule has 4 amide bonds. The average Bonchev–Trinajstić information content (AvgIpc) is 2.85. The van der Waals surface area contributed by atoms with Gasteiger partial charge >= 0.3 is 47.5 Å². The third-order valence-electron chi connectivity index (χ3n) is 5.54. The van der Waals surface area contributed by atoms with Gasteiger partial charge in [-0.15, -0.1) is 11.8 Å². The Morgan fingerprint density at radius 3 is 2.50 bits per heavy atom. The summed E-state index contributed by atoms with van der Waals surface area (Å²) >= 11 is 1.21. The number of carboxylic acids is 2. The number of benzene rings is 1. The van der Waals surface area contributed by atoms with Gasteiger partial charge in [0.2, 0.25) is 5.91 Å². The summed E-state index contributed by atoms with van der Waals surface area (Å²) in [5.74, 6) is -4.47. The number of fused-ring (bicyclic) bond motifs is 1. The normalized spacial score (nSPS) is 18.7. The monoisotopic (exact) mass is 556 g/mol. The number of urea groups is 1. The first-order chi connectivity index (χ1) is 17.6. The zero-order valence-electron chi connectivity index (χ0n) is 20.7. The molecule has 0 saturated carbocycles. The van der Waals surface area contributed by atoms with Crippen molar-refractivity contribution in [1.82, 2.24) is 15.5 Å². The van der Waals surface area contributed by atoms with Gasteiger partial charge in [0, 0.05) is 30.4 Å². The maximum atomic E-state index is 12.6. The summed E-state index contributed by atoms with van der Waals surface area (Å²) in [5, 5.41) is 27.8. The summed E-state index contributed by atoms with van der Waals surface area (Å²) in [6, 6.07) is 5.54. The first-order valence-electron chi connectivity index (χ1n) is 11.2. The van der Waals surface area contributed by atoms with Gasteiger partial charge in [0.15, 0.2) is 0 Å². The van der Waals surface area contributed by atoms with Gasteiger partial charge in [0.05, 0.1) is 11.7 Å². The first kappa shape index (κ1) is 31.1. The van der Waals surface area contributed by atoms with E-state index in [4.69, 9.17) is 4.74 Å². The van der Waals surface area contributed by atoms with Crippen LogP contribution in [0.25, 0.3) is 0 Å². The molecule has 0 radical (unpaired) electrons. The molecule has 3 rings (SSSR count). The molecule has 1 saturated heterocycles. The molecule has 0 unspecified atom stereocenters. The number of thioether (sulfide) groups is 1. The third kappa shape index (κ3) is 7.96. The second kappa shape index (κ2) is 14.2. The number of hydrogen-bond acceptors (Lipinski definition) is 9. The Kier molecular flexibility index (Phi) is 11.6. The predicted molar refractivity (Wildman–Crippen MR) is 128 cm³/mol. The summed E-state index contributed by atoms with van der Waals surface area (Å²) in [7, 11) is 0. The van der Waals surface area contributed by atoms with Crippen LogP contribution in [-0.4, -0.2) is 75.6 Å². The van der Waals surface area contributed by atoms with E-state index in [1.807, 2.05) is 0 Å². The van der Waals surface area contributed by atoms with Crippen molar-refractivity contribution in [3.05, 3.63) is 41.6 Å². The van der Waals surface area contributed by atoms with E-state index in [0.717, 1.165) is 4.90 Å². The molecule has 38 heavy (non-hydrogen) atoms. The van der Waals surface area contributed by atoms with Gasteiger partial charge < -0.3 is 35.7 Å². The van der Waals surface area contributed by atoms with Crippen LogP contribution in [0.15, 0.2) is 41.6 Å². The molecule has 13 nitrogen and oxygen atoms in total. The van der Waals surface area contributed by atoms with Crippen molar-refractivity contribution in [2.24, 2.45) is 0 Å². The molecule has 1 aromatic carbocycles. The fourth-order valence-electron chi connectivity index (χ4n) is 3.79. The largest absolute Gasteiger partial charge is 1.00 e. The molecule has 1 fully saturated rings. The number of para-hydroxylation sites is 1. The van der Waals surface area contributed by atoms with E-state index in [0.29, 0.717) is 5.69 Å². The number of anilines is 1. The van der Waals surface area contributed by atoms with E-state index in [1.165, 1.54) is 18.7 Å². The molecule has 0 aromatic heterocycles. The van der Waals surface area contributed by atoms with Crippen LogP contribution in [0.1, 0.15) is 26.2 Å². The van der Waals surface area contributed by atoms with Crippen molar-refractivity contribution in [2.45, 2.75) is 43.6 Å². The minimum absolute atomic E-state index is 0. The quantitative estimate of drug-likeness (QED) is 0.120. The number of carbonyl (C=O) groups excluding carboxylic acids is 5. The second-order valence-electron chi connectivity index (χ2n) is 8.22. The molecular formula is C23H25N4NaO9S. The SMILES string of the molecule is CC(=O)OCC1=C(C(=O)[O-])N2C(=O)[C@@H](NC(=O)CCC[C@@H](NC(=O)Nc3ccccc3)C(=O)O)[C@H]2SC1.[Na+]. The smallest absolute Gasteiger partial charge is 0.543 e. The predicted octanol–water partition coefficient (Wildman–Crippen LogP) is -3.60. The van der Waals surface area contributed by atoms with Crippen molar-refractivity contribution in [3.63, 3.8) is 0 Å². The molecule has 198 valence electrons. The molecule has 3 atom stereocenters. The van der Waals surface area contributed by atoms with Gasteiger partial charge in [-0.3, -0.25) is 19.3 Å². The van der Waals surface area contributed by atoms with Gasteiger partial charge in [0.1, 0.15) is 24.1 Å². The molecule has 2 aliphatic rings. The van der Waals surface area contributed by atoms with Crippen LogP contribution >= 0.6 is 11.8 Å². The number of ether oxygens (including phenoxy) is 1. The summed E-state index contributed by atoms with van der Waals surface area (Å²) < 4.78 is 4.85. The number of nitrogens with zero attached hydrogens (tertiary/aromatic N) is 1. The zero-order chi connectivity index (χ0) is 27.1. The number of amides is 4. The van der Waals surface area contributed by atoms with Crippen LogP contribution in [0, 0.1) is 0 Å². The molecule has 2 heterocycles. The Morgan fingerprint density at radius 2 is 1.89 bits per heavy atom. The van der Waals surface area contributed by atoms with E-state index in [9.17, 15) is 39.0 Å². The Balaban J connectivity index is 0.00000507. The minimum Gasteiger partial charge on any atom is -0.543 e. The average molecular weight is 557 g/mol. The van der Waals surface area contributed by atoms with Gasteiger partial charge in [-0.05, 0) is 25.0 Å². The van der Waals surface area contributed by atoms with Crippen molar-refractivity contribution in [3.8, 4) is 0 Å². The Morgan fingerprint density at radius 1 is 1.21 bits per heavy atom. The second-order valence-corrected chi connectivity index (χ2v) is 9.33. The number of rotatable bonds is 11. The zero-order valence-corrected chi connectivity index (χ0v) is 23.5. The first-order valence-corrected chi connectivity index (χ1v) is 12.3. The molecular weight excluding hydrogens is 531 g/mol. The number of β-lactam (4-membered cyclic amide) rings is 1. The molecule has 15 heteroatoms. The standard InChI is InChI=1S/C23H26N4O9S.Na/c1-12(28)36-10-13-11-37-20-17(19(30)27(20)18(13)22(33)34)26-16(29)9-5-8-15(21(31)32)25-23(35)24-14-6-3-2-4-7-14;/h2-4,6-7,15,17,20H,5,8-11H2,1H3,(H,26,29)(H,31,32)(H,33,34)(H2,24,25,35);/q;+1/p-1/t15-,17-,20-;/m1./s1. The van der Waals surface area contributed by atoms with E-state index >= 15 is 0 Å². The van der Waals surface area contributed by atoms with Crippen LogP contribution in [0.2, 0.25) is 0 Å². The van der Waals surface area contributed by atoms with E-state index in [1.54, 1.807) is 30.3 Å². The van der Waals surface area contributed by atoms with Crippen molar-refractivity contribution in [1.29, 1.82) is 0 Å². The molecule has 0 bridgehead atoms. The van der Waals surface area contributed by atoms with Crippen LogP contribution in [-0.2, 0) is 28.7 Å². The van der Waals surface area contributed by atoms with E-state index in [-0.39, 0.29) is 72.4 Å². The molecule has 0 spiro atoms. The maximum absolute atomic E-state index is 12.6. The van der Waals surface area contributed by atoms with Crippen molar-refractivity contribution < 1.29 is 73.3 Å². The van der Waals surface area contributed by atoms with E-state index in [2.05, 4.69) is 16.0 Å². The van der Waals surface area contributed by atoms with Gasteiger partial charge in [-0.1, -0.05) is 18.2 Å². The number of aliphatic carboxylic acids is 2. The summed E-state index contributed by atoms with van der Waals surface area (Å²) in [4.78, 5) is 72.3. The van der Waals surface area contributed by atoms with Gasteiger partial charge in [0.25, 0.3) is 5.91 Å². The number of carboxylic acid groups (broad SMARTS) is 2. The minimum atomic E-state index is -1.59. The maximum Gasteiger partial charge on any atom is 1.00 e. The van der Waals surface area contributed by atoms with Crippen LogP contribution in [0.5, 0.6) is 0 Å². The number of hydrogen-bond donors (Lipinski definition) is 4. The van der Waals surface area contributed by atoms with Crippen molar-refractivity contribution >= 4 is 53.2 Å². The van der Waals surface area contributed by atoms with Gasteiger partial charge in [-0.2, -0.15) is 0 Å². The van der Waals surface area contributed by atoms with Crippen molar-refractivity contribution in [2.75, 3.05) is 17.7 Å². The number of carbonyl (C=O) groups is 6. The topological polar surface area (TPSA) is 194 Å². The number of esters is 1. The van der Waals surface area contributed by atoms with E-state index < -0.39 is 53.2 Å². The van der Waals surface area contributed by atoms with Crippen LogP contribution in [0.3, 0.4) is 0 Å². The Hall–Kier alpha value is -3.07. The fraction of sp³-hybridized carbons (Fsp3) is 0.391. The molecule has 4 N–H and O–H groups in total.